The number of halogens is 1. The first-order valence-electron chi connectivity index (χ1n) is 7.23. The third-order valence-electron chi connectivity index (χ3n) is 4.36. The fourth-order valence-electron chi connectivity index (χ4n) is 2.94. The zero-order valence-corrected chi connectivity index (χ0v) is 12.4. The topological polar surface area (TPSA) is 46.3 Å². The Morgan fingerprint density at radius 1 is 1.30 bits per heavy atom. The minimum absolute atomic E-state index is 0.0867. The SMILES string of the molecule is Cc1cc(N)cc(C(=O)N(C)C2CCC(C)CC2)c1F. The molecule has 0 bridgehead atoms. The fourth-order valence-corrected chi connectivity index (χ4v) is 2.94. The number of rotatable bonds is 2. The van der Waals surface area contributed by atoms with Gasteiger partial charge in [0.25, 0.3) is 5.91 Å². The lowest BCUT2D eigenvalue weighted by molar-refractivity contribution is 0.0674. The molecule has 1 saturated carbocycles. The fraction of sp³-hybridized carbons (Fsp3) is 0.562. The molecular formula is C16H23FN2O. The van der Waals surface area contributed by atoms with Gasteiger partial charge in [0.15, 0.2) is 0 Å². The molecule has 4 heteroatoms. The Balaban J connectivity index is 2.19. The van der Waals surface area contributed by atoms with Crippen LogP contribution in [0.5, 0.6) is 0 Å². The molecule has 1 fully saturated rings. The van der Waals surface area contributed by atoms with Crippen molar-refractivity contribution in [3.63, 3.8) is 0 Å². The first-order valence-corrected chi connectivity index (χ1v) is 7.23. The zero-order chi connectivity index (χ0) is 14.9. The minimum Gasteiger partial charge on any atom is -0.399 e. The number of nitrogens with zero attached hydrogens (tertiary/aromatic N) is 1. The van der Waals surface area contributed by atoms with E-state index in [1.165, 1.54) is 6.07 Å². The monoisotopic (exact) mass is 278 g/mol. The molecule has 20 heavy (non-hydrogen) atoms. The lowest BCUT2D eigenvalue weighted by Gasteiger charge is -2.33. The van der Waals surface area contributed by atoms with Gasteiger partial charge < -0.3 is 10.6 Å². The molecule has 110 valence electrons. The second kappa shape index (κ2) is 5.81. The van der Waals surface area contributed by atoms with Crippen molar-refractivity contribution in [1.29, 1.82) is 0 Å². The normalized spacial score (nSPS) is 22.6. The summed E-state index contributed by atoms with van der Waals surface area (Å²) in [5.41, 5.74) is 6.66. The van der Waals surface area contributed by atoms with E-state index in [9.17, 15) is 9.18 Å². The van der Waals surface area contributed by atoms with Gasteiger partial charge in [0.2, 0.25) is 0 Å². The lowest BCUT2D eigenvalue weighted by atomic mass is 9.86. The van der Waals surface area contributed by atoms with E-state index in [-0.39, 0.29) is 17.5 Å². The molecule has 0 heterocycles. The quantitative estimate of drug-likeness (QED) is 0.843. The lowest BCUT2D eigenvalue weighted by Crippen LogP contribution is -2.39. The molecule has 1 aromatic rings. The van der Waals surface area contributed by atoms with E-state index in [1.54, 1.807) is 24.9 Å². The molecule has 1 aromatic carbocycles. The van der Waals surface area contributed by atoms with E-state index in [4.69, 9.17) is 5.73 Å². The van der Waals surface area contributed by atoms with Crippen LogP contribution in [0, 0.1) is 18.7 Å². The van der Waals surface area contributed by atoms with Crippen molar-refractivity contribution in [3.05, 3.63) is 29.1 Å². The number of hydrogen-bond donors (Lipinski definition) is 1. The number of carbonyl (C=O) groups is 1. The number of amides is 1. The van der Waals surface area contributed by atoms with Crippen LogP contribution < -0.4 is 5.73 Å². The van der Waals surface area contributed by atoms with Crippen molar-refractivity contribution in [2.45, 2.75) is 45.6 Å². The standard InChI is InChI=1S/C16H23FN2O/c1-10-4-6-13(7-5-10)19(3)16(20)14-9-12(18)8-11(2)15(14)17/h8-10,13H,4-7,18H2,1-3H3. The van der Waals surface area contributed by atoms with Gasteiger partial charge in [-0.15, -0.1) is 0 Å². The van der Waals surface area contributed by atoms with E-state index in [1.807, 2.05) is 0 Å². The van der Waals surface area contributed by atoms with Crippen LogP contribution in [0.25, 0.3) is 0 Å². The molecule has 0 aromatic heterocycles. The number of nitrogens with two attached hydrogens (primary N) is 1. The van der Waals surface area contributed by atoms with Gasteiger partial charge in [-0.2, -0.15) is 0 Å². The summed E-state index contributed by atoms with van der Waals surface area (Å²) in [4.78, 5) is 14.2. The van der Waals surface area contributed by atoms with Gasteiger partial charge in [-0.3, -0.25) is 4.79 Å². The van der Waals surface area contributed by atoms with Gasteiger partial charge in [-0.1, -0.05) is 6.92 Å². The number of carbonyl (C=O) groups excluding carboxylic acids is 1. The average Bonchev–Trinajstić information content (AvgIpc) is 2.42. The summed E-state index contributed by atoms with van der Waals surface area (Å²) in [5.74, 6) is -0.00113. The van der Waals surface area contributed by atoms with Gasteiger partial charge in [0, 0.05) is 18.8 Å². The number of hydrogen-bond acceptors (Lipinski definition) is 2. The molecular weight excluding hydrogens is 255 g/mol. The maximum Gasteiger partial charge on any atom is 0.256 e. The van der Waals surface area contributed by atoms with Gasteiger partial charge >= 0.3 is 0 Å². The van der Waals surface area contributed by atoms with E-state index in [0.29, 0.717) is 11.3 Å². The average molecular weight is 278 g/mol. The van der Waals surface area contributed by atoms with Crippen LogP contribution in [0.1, 0.15) is 48.5 Å². The molecule has 0 atom stereocenters. The summed E-state index contributed by atoms with van der Waals surface area (Å²) in [7, 11) is 1.76. The predicted molar refractivity (Wildman–Crippen MR) is 79.1 cm³/mol. The first-order chi connectivity index (χ1) is 9.40. The molecule has 1 amide bonds. The molecule has 2 rings (SSSR count). The highest BCUT2D eigenvalue weighted by atomic mass is 19.1. The summed E-state index contributed by atoms with van der Waals surface area (Å²) in [6.45, 7) is 3.86. The molecule has 3 nitrogen and oxygen atoms in total. The van der Waals surface area contributed by atoms with Crippen LogP contribution in [0.2, 0.25) is 0 Å². The van der Waals surface area contributed by atoms with Crippen LogP contribution in [0.3, 0.4) is 0 Å². The third kappa shape index (κ3) is 2.94. The maximum atomic E-state index is 14.1. The number of anilines is 1. The summed E-state index contributed by atoms with van der Waals surface area (Å²) in [6, 6.07) is 3.20. The molecule has 0 unspecified atom stereocenters. The Morgan fingerprint density at radius 2 is 1.90 bits per heavy atom. The largest absolute Gasteiger partial charge is 0.399 e. The summed E-state index contributed by atoms with van der Waals surface area (Å²) < 4.78 is 14.1. The first kappa shape index (κ1) is 14.8. The van der Waals surface area contributed by atoms with E-state index in [0.717, 1.165) is 31.6 Å². The Bertz CT molecular complexity index is 507. The Kier molecular flexibility index (Phi) is 4.31. The number of nitrogen functional groups attached to an aromatic ring is 1. The smallest absolute Gasteiger partial charge is 0.256 e. The van der Waals surface area contributed by atoms with Gasteiger partial charge in [-0.25, -0.2) is 4.39 Å². The van der Waals surface area contributed by atoms with Crippen molar-refractivity contribution in [2.75, 3.05) is 12.8 Å². The van der Waals surface area contributed by atoms with Gasteiger partial charge in [-0.05, 0) is 56.2 Å². The molecule has 0 saturated heterocycles. The van der Waals surface area contributed by atoms with E-state index >= 15 is 0 Å². The minimum atomic E-state index is -0.458. The highest BCUT2D eigenvalue weighted by molar-refractivity contribution is 5.95. The van der Waals surface area contributed by atoms with E-state index < -0.39 is 5.82 Å². The van der Waals surface area contributed by atoms with Crippen LogP contribution in [0.15, 0.2) is 12.1 Å². The van der Waals surface area contributed by atoms with Crippen molar-refractivity contribution < 1.29 is 9.18 Å². The highest BCUT2D eigenvalue weighted by Crippen LogP contribution is 2.28. The van der Waals surface area contributed by atoms with Gasteiger partial charge in [0.1, 0.15) is 5.82 Å². The maximum absolute atomic E-state index is 14.1. The van der Waals surface area contributed by atoms with Crippen LogP contribution >= 0.6 is 0 Å². The van der Waals surface area contributed by atoms with Crippen LogP contribution in [-0.2, 0) is 0 Å². The second-order valence-electron chi connectivity index (χ2n) is 6.03. The number of aryl methyl sites for hydroxylation is 1. The molecule has 1 aliphatic carbocycles. The Hall–Kier alpha value is -1.58. The Morgan fingerprint density at radius 3 is 2.50 bits per heavy atom. The molecule has 2 N–H and O–H groups in total. The Labute approximate surface area is 120 Å². The van der Waals surface area contributed by atoms with Crippen molar-refractivity contribution in [1.82, 2.24) is 4.90 Å². The zero-order valence-electron chi connectivity index (χ0n) is 12.4. The summed E-state index contributed by atoms with van der Waals surface area (Å²) in [5, 5.41) is 0. The number of benzene rings is 1. The second-order valence-corrected chi connectivity index (χ2v) is 6.03. The van der Waals surface area contributed by atoms with Crippen LogP contribution in [0.4, 0.5) is 10.1 Å². The third-order valence-corrected chi connectivity index (χ3v) is 4.36. The van der Waals surface area contributed by atoms with Crippen LogP contribution in [-0.4, -0.2) is 23.9 Å². The van der Waals surface area contributed by atoms with E-state index in [2.05, 4.69) is 6.92 Å². The molecule has 0 radical (unpaired) electrons. The highest BCUT2D eigenvalue weighted by Gasteiger charge is 2.27. The molecule has 1 aliphatic rings. The summed E-state index contributed by atoms with van der Waals surface area (Å²) >= 11 is 0. The van der Waals surface area contributed by atoms with Gasteiger partial charge in [0.05, 0.1) is 5.56 Å². The predicted octanol–water partition coefficient (Wildman–Crippen LogP) is 3.37. The molecule has 0 spiro atoms. The molecule has 0 aliphatic heterocycles. The van der Waals surface area contributed by atoms with Crippen molar-refractivity contribution >= 4 is 11.6 Å². The van der Waals surface area contributed by atoms with Crippen molar-refractivity contribution in [3.8, 4) is 0 Å². The summed E-state index contributed by atoms with van der Waals surface area (Å²) in [6.07, 6.45) is 4.24. The van der Waals surface area contributed by atoms with Crippen molar-refractivity contribution in [2.24, 2.45) is 5.92 Å².